The van der Waals surface area contributed by atoms with Gasteiger partial charge in [-0.1, -0.05) is 43.3 Å². The molecule has 0 aliphatic heterocycles. The largest absolute Gasteiger partial charge is 0.399 e. The van der Waals surface area contributed by atoms with Crippen molar-refractivity contribution in [2.45, 2.75) is 26.2 Å². The Balaban J connectivity index is 1.82. The topological polar surface area (TPSA) is 78.1 Å². The number of hydrogen-bond donors (Lipinski definition) is 3. The Morgan fingerprint density at radius 1 is 0.600 bits per heavy atom. The van der Waals surface area contributed by atoms with Crippen LogP contribution in [0.5, 0.6) is 0 Å². The number of benzene rings is 3. The Morgan fingerprint density at radius 2 is 1.12 bits per heavy atom. The van der Waals surface area contributed by atoms with E-state index < -0.39 is 0 Å². The molecule has 0 aliphatic rings. The van der Waals surface area contributed by atoms with Crippen LogP contribution in [0, 0.1) is 0 Å². The predicted octanol–water partition coefficient (Wildman–Crippen LogP) is 4.18. The summed E-state index contributed by atoms with van der Waals surface area (Å²) < 4.78 is 0. The number of anilines is 3. The molecule has 3 rings (SSSR count). The second-order valence-electron chi connectivity index (χ2n) is 6.52. The molecule has 0 aromatic heterocycles. The zero-order valence-corrected chi connectivity index (χ0v) is 14.6. The molecule has 0 atom stereocenters. The third-order valence-corrected chi connectivity index (χ3v) is 4.58. The SMILES string of the molecule is CCc1cc(Cc2ccc(N)c(Cc3ccc(N)cc3)c2)ccc1N. The van der Waals surface area contributed by atoms with E-state index in [2.05, 4.69) is 43.3 Å². The Hall–Kier alpha value is -2.94. The molecule has 0 saturated carbocycles. The lowest BCUT2D eigenvalue weighted by Crippen LogP contribution is -2.00. The van der Waals surface area contributed by atoms with Crippen molar-refractivity contribution in [3.63, 3.8) is 0 Å². The molecule has 0 saturated heterocycles. The molecule has 3 heteroatoms. The van der Waals surface area contributed by atoms with Crippen LogP contribution in [0.15, 0.2) is 60.7 Å². The zero-order valence-electron chi connectivity index (χ0n) is 14.6. The van der Waals surface area contributed by atoms with Gasteiger partial charge in [0.05, 0.1) is 0 Å². The standard InChI is InChI=1S/C22H25N3/c1-2-18-13-16(5-9-21(18)24)11-17-6-10-22(25)19(14-17)12-15-3-7-20(23)8-4-15/h3-10,13-14H,2,11-12,23-25H2,1H3. The number of nitrogen functional groups attached to an aromatic ring is 3. The fourth-order valence-corrected chi connectivity index (χ4v) is 3.09. The molecule has 0 unspecified atom stereocenters. The van der Waals surface area contributed by atoms with E-state index >= 15 is 0 Å². The van der Waals surface area contributed by atoms with E-state index in [4.69, 9.17) is 17.2 Å². The maximum absolute atomic E-state index is 6.18. The van der Waals surface area contributed by atoms with Gasteiger partial charge < -0.3 is 17.2 Å². The number of aryl methyl sites for hydroxylation is 1. The van der Waals surface area contributed by atoms with Gasteiger partial charge in [0.1, 0.15) is 0 Å². The van der Waals surface area contributed by atoms with Gasteiger partial charge >= 0.3 is 0 Å². The highest BCUT2D eigenvalue weighted by molar-refractivity contribution is 5.53. The first-order valence-corrected chi connectivity index (χ1v) is 8.64. The lowest BCUT2D eigenvalue weighted by Gasteiger charge is -2.11. The maximum atomic E-state index is 6.18. The van der Waals surface area contributed by atoms with E-state index in [0.29, 0.717) is 0 Å². The van der Waals surface area contributed by atoms with Crippen molar-refractivity contribution >= 4 is 17.1 Å². The molecule has 3 aromatic rings. The third kappa shape index (κ3) is 4.13. The van der Waals surface area contributed by atoms with Gasteiger partial charge in [-0.05, 0) is 71.3 Å². The Bertz CT molecular complexity index is 867. The van der Waals surface area contributed by atoms with Crippen molar-refractivity contribution < 1.29 is 0 Å². The van der Waals surface area contributed by atoms with E-state index in [1.807, 2.05) is 24.3 Å². The first kappa shape index (κ1) is 16.9. The van der Waals surface area contributed by atoms with Crippen LogP contribution in [0.1, 0.15) is 34.7 Å². The van der Waals surface area contributed by atoms with E-state index in [1.165, 1.54) is 22.3 Å². The quantitative estimate of drug-likeness (QED) is 0.614. The highest BCUT2D eigenvalue weighted by atomic mass is 14.6. The van der Waals surface area contributed by atoms with Crippen LogP contribution >= 0.6 is 0 Å². The third-order valence-electron chi connectivity index (χ3n) is 4.58. The minimum atomic E-state index is 0.778. The molecule has 3 nitrogen and oxygen atoms in total. The van der Waals surface area contributed by atoms with Gasteiger partial charge in [0.15, 0.2) is 0 Å². The first-order chi connectivity index (χ1) is 12.0. The molecule has 128 valence electrons. The zero-order chi connectivity index (χ0) is 17.8. The average molecular weight is 331 g/mol. The number of hydrogen-bond acceptors (Lipinski definition) is 3. The summed E-state index contributed by atoms with van der Waals surface area (Å²) >= 11 is 0. The molecule has 3 aromatic carbocycles. The highest BCUT2D eigenvalue weighted by Crippen LogP contribution is 2.22. The maximum Gasteiger partial charge on any atom is 0.0350 e. The summed E-state index contributed by atoms with van der Waals surface area (Å²) in [6.07, 6.45) is 2.63. The molecular formula is C22H25N3. The van der Waals surface area contributed by atoms with Gasteiger partial charge in [-0.15, -0.1) is 0 Å². The lowest BCUT2D eigenvalue weighted by atomic mass is 9.96. The van der Waals surface area contributed by atoms with Crippen LogP contribution in [0.3, 0.4) is 0 Å². The van der Waals surface area contributed by atoms with E-state index in [9.17, 15) is 0 Å². The molecule has 0 spiro atoms. The van der Waals surface area contributed by atoms with Gasteiger partial charge in [0.25, 0.3) is 0 Å². The van der Waals surface area contributed by atoms with E-state index in [-0.39, 0.29) is 0 Å². The minimum absolute atomic E-state index is 0.778. The van der Waals surface area contributed by atoms with Gasteiger partial charge in [0.2, 0.25) is 0 Å². The van der Waals surface area contributed by atoms with Crippen molar-refractivity contribution in [2.24, 2.45) is 0 Å². The van der Waals surface area contributed by atoms with Crippen LogP contribution in [0.4, 0.5) is 17.1 Å². The minimum Gasteiger partial charge on any atom is -0.399 e. The fourth-order valence-electron chi connectivity index (χ4n) is 3.09. The molecule has 6 N–H and O–H groups in total. The van der Waals surface area contributed by atoms with Crippen LogP contribution in [0.2, 0.25) is 0 Å². The van der Waals surface area contributed by atoms with Crippen LogP contribution in [-0.2, 0) is 19.3 Å². The molecule has 0 amide bonds. The molecule has 25 heavy (non-hydrogen) atoms. The summed E-state index contributed by atoms with van der Waals surface area (Å²) in [6.45, 7) is 2.13. The van der Waals surface area contributed by atoms with Crippen molar-refractivity contribution in [2.75, 3.05) is 17.2 Å². The van der Waals surface area contributed by atoms with E-state index in [0.717, 1.165) is 41.9 Å². The Kier molecular flexibility index (Phi) is 4.94. The first-order valence-electron chi connectivity index (χ1n) is 8.64. The van der Waals surface area contributed by atoms with Crippen LogP contribution in [0.25, 0.3) is 0 Å². The predicted molar refractivity (Wildman–Crippen MR) is 108 cm³/mol. The Morgan fingerprint density at radius 3 is 1.72 bits per heavy atom. The van der Waals surface area contributed by atoms with Crippen molar-refractivity contribution in [3.05, 3.63) is 88.5 Å². The van der Waals surface area contributed by atoms with Gasteiger partial charge in [-0.3, -0.25) is 0 Å². The molecule has 0 heterocycles. The normalized spacial score (nSPS) is 10.8. The van der Waals surface area contributed by atoms with Gasteiger partial charge in [-0.25, -0.2) is 0 Å². The molecule has 0 radical (unpaired) electrons. The lowest BCUT2D eigenvalue weighted by molar-refractivity contribution is 1.10. The van der Waals surface area contributed by atoms with Crippen molar-refractivity contribution in [1.29, 1.82) is 0 Å². The number of nitrogens with two attached hydrogens (primary N) is 3. The van der Waals surface area contributed by atoms with Crippen LogP contribution < -0.4 is 17.2 Å². The smallest absolute Gasteiger partial charge is 0.0350 e. The van der Waals surface area contributed by atoms with Gasteiger partial charge in [-0.2, -0.15) is 0 Å². The summed E-state index contributed by atoms with van der Waals surface area (Å²) in [5.41, 5.74) is 26.5. The summed E-state index contributed by atoms with van der Waals surface area (Å²) in [6, 6.07) is 20.6. The van der Waals surface area contributed by atoms with Gasteiger partial charge in [0, 0.05) is 17.1 Å². The summed E-state index contributed by atoms with van der Waals surface area (Å²) in [4.78, 5) is 0. The number of rotatable bonds is 5. The summed E-state index contributed by atoms with van der Waals surface area (Å²) in [7, 11) is 0. The summed E-state index contributed by atoms with van der Waals surface area (Å²) in [5.74, 6) is 0. The monoisotopic (exact) mass is 331 g/mol. The average Bonchev–Trinajstić information content (AvgIpc) is 2.61. The molecule has 0 fully saturated rings. The van der Waals surface area contributed by atoms with Crippen molar-refractivity contribution in [1.82, 2.24) is 0 Å². The molecule has 0 aliphatic carbocycles. The van der Waals surface area contributed by atoms with E-state index in [1.54, 1.807) is 0 Å². The van der Waals surface area contributed by atoms with Crippen LogP contribution in [-0.4, -0.2) is 0 Å². The highest BCUT2D eigenvalue weighted by Gasteiger charge is 2.06. The molecule has 0 bridgehead atoms. The Labute approximate surface area is 149 Å². The summed E-state index contributed by atoms with van der Waals surface area (Å²) in [5, 5.41) is 0. The second kappa shape index (κ2) is 7.31. The molecular weight excluding hydrogens is 306 g/mol. The fraction of sp³-hybridized carbons (Fsp3) is 0.182. The second-order valence-corrected chi connectivity index (χ2v) is 6.52. The van der Waals surface area contributed by atoms with Crippen molar-refractivity contribution in [3.8, 4) is 0 Å².